The number of carbonyl (C=O) groups excluding carboxylic acids is 1. The molecule has 0 aromatic heterocycles. The van der Waals surface area contributed by atoms with E-state index in [1.165, 1.54) is 0 Å². The predicted octanol–water partition coefficient (Wildman–Crippen LogP) is 3.04. The van der Waals surface area contributed by atoms with E-state index in [0.717, 1.165) is 17.7 Å². The Bertz CT molecular complexity index is 629. The van der Waals surface area contributed by atoms with Crippen molar-refractivity contribution in [2.45, 2.75) is 13.0 Å². The zero-order valence-electron chi connectivity index (χ0n) is 10.9. The van der Waals surface area contributed by atoms with E-state index >= 15 is 0 Å². The average Bonchev–Trinajstić information content (AvgIpc) is 2.43. The van der Waals surface area contributed by atoms with Gasteiger partial charge in [0.05, 0.1) is 11.6 Å². The van der Waals surface area contributed by atoms with Gasteiger partial charge in [0.2, 0.25) is 0 Å². The molecule has 2 rings (SSSR count). The lowest BCUT2D eigenvalue weighted by atomic mass is 10.1. The molecule has 104 valence electrons. The summed E-state index contributed by atoms with van der Waals surface area (Å²) >= 11 is 0. The lowest BCUT2D eigenvalue weighted by Gasteiger charge is -2.15. The van der Waals surface area contributed by atoms with Gasteiger partial charge in [-0.2, -0.15) is 0 Å². The van der Waals surface area contributed by atoms with Gasteiger partial charge in [-0.05, 0) is 18.6 Å². The van der Waals surface area contributed by atoms with Crippen LogP contribution in [0.3, 0.4) is 0 Å². The topological polar surface area (TPSA) is 55.1 Å². The van der Waals surface area contributed by atoms with Crippen LogP contribution in [0.5, 0.6) is 0 Å². The van der Waals surface area contributed by atoms with Crippen molar-refractivity contribution < 1.29 is 13.6 Å². The van der Waals surface area contributed by atoms with Crippen LogP contribution in [-0.2, 0) is 0 Å². The van der Waals surface area contributed by atoms with E-state index in [0.29, 0.717) is 0 Å². The molecule has 0 spiro atoms. The number of benzene rings is 2. The molecule has 0 saturated carbocycles. The highest BCUT2D eigenvalue weighted by molar-refractivity contribution is 5.99. The summed E-state index contributed by atoms with van der Waals surface area (Å²) in [5.41, 5.74) is 6.27. The Labute approximate surface area is 115 Å². The molecule has 3 nitrogen and oxygen atoms in total. The van der Waals surface area contributed by atoms with E-state index in [4.69, 9.17) is 5.73 Å². The van der Waals surface area contributed by atoms with E-state index in [-0.39, 0.29) is 17.3 Å². The monoisotopic (exact) mass is 276 g/mol. The molecule has 0 aliphatic rings. The highest BCUT2D eigenvalue weighted by Crippen LogP contribution is 2.19. The molecule has 3 N–H and O–H groups in total. The molecule has 0 radical (unpaired) electrons. The molecule has 0 saturated heterocycles. The number of carbonyl (C=O) groups is 1. The maximum absolute atomic E-state index is 13.2. The van der Waals surface area contributed by atoms with Crippen LogP contribution in [0.25, 0.3) is 0 Å². The highest BCUT2D eigenvalue weighted by atomic mass is 19.2. The van der Waals surface area contributed by atoms with Crippen molar-refractivity contribution in [3.63, 3.8) is 0 Å². The minimum atomic E-state index is -1.10. The Morgan fingerprint density at radius 1 is 1.15 bits per heavy atom. The van der Waals surface area contributed by atoms with Crippen molar-refractivity contribution >= 4 is 11.6 Å². The summed E-state index contributed by atoms with van der Waals surface area (Å²) < 4.78 is 26.1. The highest BCUT2D eigenvalue weighted by Gasteiger charge is 2.16. The molecule has 1 atom stereocenters. The van der Waals surface area contributed by atoms with Crippen molar-refractivity contribution in [2.75, 3.05) is 5.73 Å². The minimum absolute atomic E-state index is 0.0771. The second-order valence-corrected chi connectivity index (χ2v) is 4.46. The molecule has 0 aliphatic heterocycles. The molecule has 1 amide bonds. The maximum atomic E-state index is 13.2. The Balaban J connectivity index is 2.19. The van der Waals surface area contributed by atoms with Crippen molar-refractivity contribution in [2.24, 2.45) is 0 Å². The molecule has 2 aromatic rings. The zero-order chi connectivity index (χ0) is 14.7. The fourth-order valence-electron chi connectivity index (χ4n) is 1.86. The fourth-order valence-corrected chi connectivity index (χ4v) is 1.86. The number of hydrogen-bond donors (Lipinski definition) is 2. The Kier molecular flexibility index (Phi) is 3.98. The second-order valence-electron chi connectivity index (χ2n) is 4.46. The lowest BCUT2D eigenvalue weighted by Crippen LogP contribution is -2.27. The lowest BCUT2D eigenvalue weighted by molar-refractivity contribution is 0.0940. The van der Waals surface area contributed by atoms with Gasteiger partial charge in [0.25, 0.3) is 5.91 Å². The smallest absolute Gasteiger partial charge is 0.253 e. The molecule has 20 heavy (non-hydrogen) atoms. The van der Waals surface area contributed by atoms with Gasteiger partial charge < -0.3 is 11.1 Å². The number of halogens is 2. The van der Waals surface area contributed by atoms with E-state index < -0.39 is 17.5 Å². The van der Waals surface area contributed by atoms with Crippen LogP contribution in [0.1, 0.15) is 28.9 Å². The van der Waals surface area contributed by atoms with Crippen molar-refractivity contribution in [1.82, 2.24) is 5.32 Å². The first kappa shape index (κ1) is 14.0. The van der Waals surface area contributed by atoms with Crippen LogP contribution < -0.4 is 11.1 Å². The first-order valence-electron chi connectivity index (χ1n) is 6.09. The van der Waals surface area contributed by atoms with Gasteiger partial charge in [0.15, 0.2) is 11.6 Å². The number of hydrogen-bond acceptors (Lipinski definition) is 2. The summed E-state index contributed by atoms with van der Waals surface area (Å²) in [6, 6.07) is 10.6. The van der Waals surface area contributed by atoms with Gasteiger partial charge >= 0.3 is 0 Å². The Hall–Kier alpha value is -2.43. The third kappa shape index (κ3) is 2.93. The normalized spacial score (nSPS) is 11.9. The summed E-state index contributed by atoms with van der Waals surface area (Å²) in [5, 5.41) is 2.69. The number of rotatable bonds is 3. The Morgan fingerprint density at radius 2 is 1.75 bits per heavy atom. The average molecular weight is 276 g/mol. The Morgan fingerprint density at radius 3 is 2.40 bits per heavy atom. The summed E-state index contributed by atoms with van der Waals surface area (Å²) in [6.07, 6.45) is 0. The molecule has 0 fully saturated rings. The molecule has 0 aliphatic carbocycles. The maximum Gasteiger partial charge on any atom is 0.253 e. The SMILES string of the molecule is C[C@@H](NC(=O)c1cc(F)c(F)cc1N)c1ccccc1. The van der Waals surface area contributed by atoms with E-state index in [2.05, 4.69) is 5.32 Å². The third-order valence-electron chi connectivity index (χ3n) is 2.98. The molecular formula is C15H14F2N2O. The van der Waals surface area contributed by atoms with Gasteiger partial charge in [0, 0.05) is 11.8 Å². The molecule has 2 aromatic carbocycles. The fraction of sp³-hybridized carbons (Fsp3) is 0.133. The largest absolute Gasteiger partial charge is 0.398 e. The van der Waals surface area contributed by atoms with Crippen LogP contribution in [0.2, 0.25) is 0 Å². The number of anilines is 1. The molecular weight excluding hydrogens is 262 g/mol. The van der Waals surface area contributed by atoms with Gasteiger partial charge in [0.1, 0.15) is 0 Å². The van der Waals surface area contributed by atoms with Crippen molar-refractivity contribution in [1.29, 1.82) is 0 Å². The van der Waals surface area contributed by atoms with Gasteiger partial charge in [-0.3, -0.25) is 4.79 Å². The van der Waals surface area contributed by atoms with Gasteiger partial charge in [-0.25, -0.2) is 8.78 Å². The summed E-state index contributed by atoms with van der Waals surface area (Å²) in [7, 11) is 0. The standard InChI is InChI=1S/C15H14F2N2O/c1-9(10-5-3-2-4-6-10)19-15(20)11-7-12(16)13(17)8-14(11)18/h2-9H,18H2,1H3,(H,19,20)/t9-/m1/s1. The summed E-state index contributed by atoms with van der Waals surface area (Å²) in [5.74, 6) is -2.72. The minimum Gasteiger partial charge on any atom is -0.398 e. The number of nitrogens with two attached hydrogens (primary N) is 1. The van der Waals surface area contributed by atoms with Gasteiger partial charge in [-0.1, -0.05) is 30.3 Å². The van der Waals surface area contributed by atoms with Crippen LogP contribution >= 0.6 is 0 Å². The predicted molar refractivity (Wildman–Crippen MR) is 73.1 cm³/mol. The van der Waals surface area contributed by atoms with E-state index in [1.54, 1.807) is 6.92 Å². The molecule has 5 heteroatoms. The molecule has 0 unspecified atom stereocenters. The van der Waals surface area contributed by atoms with Crippen molar-refractivity contribution in [3.8, 4) is 0 Å². The first-order valence-corrected chi connectivity index (χ1v) is 6.09. The van der Waals surface area contributed by atoms with Crippen molar-refractivity contribution in [3.05, 3.63) is 65.2 Å². The molecule has 0 heterocycles. The van der Waals surface area contributed by atoms with Gasteiger partial charge in [-0.15, -0.1) is 0 Å². The van der Waals surface area contributed by atoms with Crippen LogP contribution in [-0.4, -0.2) is 5.91 Å². The van der Waals surface area contributed by atoms with Crippen LogP contribution in [0, 0.1) is 11.6 Å². The first-order chi connectivity index (χ1) is 9.49. The zero-order valence-corrected chi connectivity index (χ0v) is 10.9. The summed E-state index contributed by atoms with van der Waals surface area (Å²) in [4.78, 5) is 12.0. The summed E-state index contributed by atoms with van der Waals surface area (Å²) in [6.45, 7) is 1.79. The quantitative estimate of drug-likeness (QED) is 0.847. The third-order valence-corrected chi connectivity index (χ3v) is 2.98. The second kappa shape index (κ2) is 5.69. The van der Waals surface area contributed by atoms with E-state index in [1.807, 2.05) is 30.3 Å². The number of nitrogens with one attached hydrogen (secondary N) is 1. The number of amides is 1. The van der Waals surface area contributed by atoms with E-state index in [9.17, 15) is 13.6 Å². The number of nitrogen functional groups attached to an aromatic ring is 1. The molecule has 0 bridgehead atoms. The van der Waals surface area contributed by atoms with Crippen LogP contribution in [0.15, 0.2) is 42.5 Å². The van der Waals surface area contributed by atoms with Crippen LogP contribution in [0.4, 0.5) is 14.5 Å².